The molecule has 0 aliphatic rings. The zero-order valence-corrected chi connectivity index (χ0v) is 12.5. The van der Waals surface area contributed by atoms with Crippen molar-refractivity contribution in [2.45, 2.75) is 18.6 Å². The van der Waals surface area contributed by atoms with Crippen LogP contribution in [0.25, 0.3) is 0 Å². The molecule has 0 unspecified atom stereocenters. The Kier molecular flexibility index (Phi) is 3.93. The monoisotopic (exact) mass is 345 g/mol. The van der Waals surface area contributed by atoms with Gasteiger partial charge in [-0.05, 0) is 47.1 Å². The van der Waals surface area contributed by atoms with Gasteiger partial charge in [0.15, 0.2) is 0 Å². The van der Waals surface area contributed by atoms with E-state index in [9.17, 15) is 8.42 Å². The maximum absolute atomic E-state index is 12.0. The molecule has 0 aliphatic heterocycles. The third kappa shape index (κ3) is 3.14. The van der Waals surface area contributed by atoms with Crippen molar-refractivity contribution in [2.24, 2.45) is 5.73 Å². The van der Waals surface area contributed by atoms with Crippen molar-refractivity contribution in [3.63, 3.8) is 0 Å². The van der Waals surface area contributed by atoms with Gasteiger partial charge in [-0.15, -0.1) is 0 Å². The van der Waals surface area contributed by atoms with Crippen LogP contribution in [0.3, 0.4) is 0 Å². The number of furan rings is 1. The van der Waals surface area contributed by atoms with Gasteiger partial charge in [0, 0.05) is 4.47 Å². The molecule has 8 heteroatoms. The summed E-state index contributed by atoms with van der Waals surface area (Å²) in [6.45, 7) is 1.91. The molecular formula is C11H12BrN3O3S. The molecule has 0 aromatic carbocycles. The first kappa shape index (κ1) is 14.0. The zero-order valence-electron chi connectivity index (χ0n) is 10.1. The minimum atomic E-state index is -3.78. The molecule has 102 valence electrons. The number of hydrogen-bond donors (Lipinski definition) is 2. The summed E-state index contributed by atoms with van der Waals surface area (Å²) >= 11 is 3.29. The lowest BCUT2D eigenvalue weighted by molar-refractivity contribution is 0.417. The van der Waals surface area contributed by atoms with Gasteiger partial charge in [-0.3, -0.25) is 4.72 Å². The van der Waals surface area contributed by atoms with Gasteiger partial charge in [0.2, 0.25) is 5.09 Å². The van der Waals surface area contributed by atoms with Crippen LogP contribution in [0.5, 0.6) is 0 Å². The Morgan fingerprint density at radius 2 is 2.11 bits per heavy atom. The molecule has 0 amide bonds. The van der Waals surface area contributed by atoms with Gasteiger partial charge in [-0.2, -0.15) is 8.42 Å². The topological polar surface area (TPSA) is 98.2 Å². The highest BCUT2D eigenvalue weighted by atomic mass is 79.9. The molecule has 6 nitrogen and oxygen atoms in total. The first-order valence-electron chi connectivity index (χ1n) is 5.37. The Hall–Kier alpha value is -1.38. The Bertz CT molecular complexity index is 697. The molecule has 0 radical (unpaired) electrons. The van der Waals surface area contributed by atoms with Gasteiger partial charge in [0.25, 0.3) is 10.0 Å². The number of aryl methyl sites for hydroxylation is 1. The first-order chi connectivity index (χ1) is 8.92. The maximum atomic E-state index is 12.0. The SMILES string of the molecule is Cc1nc(NS(=O)(=O)c2ccc(CN)o2)ccc1Br. The standard InChI is InChI=1S/C11H12BrN3O3S/c1-7-9(12)3-4-10(14-7)15-19(16,17)11-5-2-8(6-13)18-11/h2-5H,6,13H2,1H3,(H,14,15). The minimum absolute atomic E-state index is 0.144. The van der Waals surface area contributed by atoms with Crippen LogP contribution in [0.15, 0.2) is 38.2 Å². The van der Waals surface area contributed by atoms with Crippen LogP contribution in [0.2, 0.25) is 0 Å². The van der Waals surface area contributed by atoms with E-state index in [1.807, 2.05) is 0 Å². The van der Waals surface area contributed by atoms with Crippen molar-refractivity contribution in [1.82, 2.24) is 4.98 Å². The summed E-state index contributed by atoms with van der Waals surface area (Å²) in [4.78, 5) is 4.11. The number of sulfonamides is 1. The summed E-state index contributed by atoms with van der Waals surface area (Å²) in [5, 5.41) is -0.185. The molecule has 0 aliphatic carbocycles. The van der Waals surface area contributed by atoms with E-state index in [0.29, 0.717) is 11.5 Å². The summed E-state index contributed by atoms with van der Waals surface area (Å²) in [5.74, 6) is 0.631. The van der Waals surface area contributed by atoms with Gasteiger partial charge in [-0.25, -0.2) is 4.98 Å². The summed E-state index contributed by atoms with van der Waals surface area (Å²) < 4.78 is 32.3. The number of nitrogens with two attached hydrogens (primary N) is 1. The second-order valence-corrected chi connectivity index (χ2v) is 6.26. The van der Waals surface area contributed by atoms with E-state index in [-0.39, 0.29) is 17.5 Å². The fourth-order valence-electron chi connectivity index (χ4n) is 1.40. The second-order valence-electron chi connectivity index (χ2n) is 3.79. The number of aromatic nitrogens is 1. The molecule has 0 fully saturated rings. The number of nitrogens with zero attached hydrogens (tertiary/aromatic N) is 1. The van der Waals surface area contributed by atoms with Crippen molar-refractivity contribution < 1.29 is 12.8 Å². The molecule has 2 rings (SSSR count). The van der Waals surface area contributed by atoms with Crippen molar-refractivity contribution in [2.75, 3.05) is 4.72 Å². The second kappa shape index (κ2) is 5.32. The van der Waals surface area contributed by atoms with E-state index in [1.54, 1.807) is 19.1 Å². The number of halogens is 1. The fraction of sp³-hybridized carbons (Fsp3) is 0.182. The first-order valence-corrected chi connectivity index (χ1v) is 7.65. The Morgan fingerprint density at radius 3 is 2.68 bits per heavy atom. The van der Waals surface area contributed by atoms with Crippen LogP contribution in [0.4, 0.5) is 5.82 Å². The quantitative estimate of drug-likeness (QED) is 0.882. The maximum Gasteiger partial charge on any atom is 0.296 e. The molecule has 0 saturated carbocycles. The molecule has 0 spiro atoms. The summed E-state index contributed by atoms with van der Waals surface area (Å²) in [5.41, 5.74) is 6.05. The predicted octanol–water partition coefficient (Wildman–Crippen LogP) is 2.01. The minimum Gasteiger partial charge on any atom is -0.446 e. The van der Waals surface area contributed by atoms with Crippen LogP contribution in [-0.4, -0.2) is 13.4 Å². The Morgan fingerprint density at radius 1 is 1.37 bits per heavy atom. The average Bonchev–Trinajstić information content (AvgIpc) is 2.83. The van der Waals surface area contributed by atoms with E-state index in [4.69, 9.17) is 10.2 Å². The molecule has 2 aromatic heterocycles. The number of nitrogens with one attached hydrogen (secondary N) is 1. The molecule has 3 N–H and O–H groups in total. The van der Waals surface area contributed by atoms with Crippen LogP contribution in [0.1, 0.15) is 11.5 Å². The van der Waals surface area contributed by atoms with Gasteiger partial charge >= 0.3 is 0 Å². The summed E-state index contributed by atoms with van der Waals surface area (Å²) in [6, 6.07) is 6.15. The predicted molar refractivity (Wildman–Crippen MR) is 74.1 cm³/mol. The number of anilines is 1. The van der Waals surface area contributed by atoms with Crippen molar-refractivity contribution in [3.8, 4) is 0 Å². The highest BCUT2D eigenvalue weighted by Gasteiger charge is 2.19. The van der Waals surface area contributed by atoms with Crippen LogP contribution in [-0.2, 0) is 16.6 Å². The Balaban J connectivity index is 2.28. The molecule has 19 heavy (non-hydrogen) atoms. The zero-order chi connectivity index (χ0) is 14.0. The lowest BCUT2D eigenvalue weighted by Gasteiger charge is -2.06. The molecular weight excluding hydrogens is 334 g/mol. The van der Waals surface area contributed by atoms with E-state index in [0.717, 1.165) is 4.47 Å². The van der Waals surface area contributed by atoms with Gasteiger partial charge in [0.05, 0.1) is 12.2 Å². The summed E-state index contributed by atoms with van der Waals surface area (Å²) in [7, 11) is -3.78. The van der Waals surface area contributed by atoms with E-state index in [1.165, 1.54) is 12.1 Å². The third-order valence-electron chi connectivity index (χ3n) is 2.36. The van der Waals surface area contributed by atoms with E-state index >= 15 is 0 Å². The fourth-order valence-corrected chi connectivity index (χ4v) is 2.58. The highest BCUT2D eigenvalue weighted by Crippen LogP contribution is 2.20. The van der Waals surface area contributed by atoms with Gasteiger partial charge < -0.3 is 10.2 Å². The number of rotatable bonds is 4. The van der Waals surface area contributed by atoms with Crippen molar-refractivity contribution in [1.29, 1.82) is 0 Å². The van der Waals surface area contributed by atoms with Gasteiger partial charge in [-0.1, -0.05) is 0 Å². The Labute approximate surface area is 119 Å². The lowest BCUT2D eigenvalue weighted by atomic mass is 10.4. The molecule has 0 bridgehead atoms. The molecule has 0 saturated heterocycles. The van der Waals surface area contributed by atoms with Gasteiger partial charge in [0.1, 0.15) is 11.6 Å². The van der Waals surface area contributed by atoms with Crippen LogP contribution in [0, 0.1) is 6.92 Å². The highest BCUT2D eigenvalue weighted by molar-refractivity contribution is 9.10. The number of hydrogen-bond acceptors (Lipinski definition) is 5. The normalized spacial score (nSPS) is 11.5. The van der Waals surface area contributed by atoms with Crippen LogP contribution < -0.4 is 10.5 Å². The van der Waals surface area contributed by atoms with Crippen LogP contribution >= 0.6 is 15.9 Å². The van der Waals surface area contributed by atoms with Crippen molar-refractivity contribution in [3.05, 3.63) is 40.2 Å². The van der Waals surface area contributed by atoms with E-state index < -0.39 is 10.0 Å². The molecule has 2 aromatic rings. The smallest absolute Gasteiger partial charge is 0.296 e. The van der Waals surface area contributed by atoms with Crippen molar-refractivity contribution >= 4 is 31.8 Å². The summed E-state index contributed by atoms with van der Waals surface area (Å²) in [6.07, 6.45) is 0. The number of pyridine rings is 1. The largest absolute Gasteiger partial charge is 0.446 e. The van der Waals surface area contributed by atoms with E-state index in [2.05, 4.69) is 25.6 Å². The molecule has 2 heterocycles. The molecule has 0 atom stereocenters. The lowest BCUT2D eigenvalue weighted by Crippen LogP contribution is -2.13. The average molecular weight is 346 g/mol. The third-order valence-corrected chi connectivity index (χ3v) is 4.43.